The summed E-state index contributed by atoms with van der Waals surface area (Å²) in [5.74, 6) is -0.293. The minimum atomic E-state index is -0.293. The van der Waals surface area contributed by atoms with Gasteiger partial charge in [-0.3, -0.25) is 0 Å². The third-order valence-corrected chi connectivity index (χ3v) is 2.85. The summed E-state index contributed by atoms with van der Waals surface area (Å²) in [6, 6.07) is 9.92. The van der Waals surface area contributed by atoms with E-state index in [1.165, 1.54) is 0 Å². The normalized spacial score (nSPS) is 13.9. The molecule has 2 atom stereocenters. The highest BCUT2D eigenvalue weighted by Gasteiger charge is 2.13. The number of esters is 1. The van der Waals surface area contributed by atoms with E-state index in [-0.39, 0.29) is 24.8 Å². The summed E-state index contributed by atoms with van der Waals surface area (Å²) in [6.45, 7) is 5.92. The van der Waals surface area contributed by atoms with Gasteiger partial charge < -0.3 is 9.47 Å². The predicted octanol–water partition coefficient (Wildman–Crippen LogP) is 3.50. The molecule has 0 aliphatic rings. The first-order valence-corrected chi connectivity index (χ1v) is 6.53. The number of rotatable bonds is 7. The lowest BCUT2D eigenvalue weighted by atomic mass is 10.1. The van der Waals surface area contributed by atoms with Gasteiger partial charge >= 0.3 is 5.97 Å². The summed E-state index contributed by atoms with van der Waals surface area (Å²) in [5.41, 5.74) is 1.09. The average molecular weight is 250 g/mol. The average Bonchev–Trinajstić information content (AvgIpc) is 2.40. The van der Waals surface area contributed by atoms with Crippen LogP contribution in [0.15, 0.2) is 30.3 Å². The van der Waals surface area contributed by atoms with Crippen LogP contribution in [0.2, 0.25) is 0 Å². The molecule has 0 fully saturated rings. The van der Waals surface area contributed by atoms with Crippen LogP contribution < -0.4 is 0 Å². The Morgan fingerprint density at radius 3 is 2.39 bits per heavy atom. The van der Waals surface area contributed by atoms with E-state index in [1.807, 2.05) is 51.1 Å². The lowest BCUT2D eigenvalue weighted by molar-refractivity contribution is -0.156. The highest BCUT2D eigenvalue weighted by Crippen LogP contribution is 2.20. The standard InChI is InChI=1S/C15H22O3/c1-4-12(3)18-15(16)11-17-14(5-2)13-9-7-6-8-10-13/h6-10,12,14H,4-5,11H2,1-3H3. The first-order valence-electron chi connectivity index (χ1n) is 6.53. The van der Waals surface area contributed by atoms with Crippen molar-refractivity contribution in [2.24, 2.45) is 0 Å². The molecule has 0 bridgehead atoms. The van der Waals surface area contributed by atoms with Gasteiger partial charge in [0.2, 0.25) is 0 Å². The summed E-state index contributed by atoms with van der Waals surface area (Å²) < 4.78 is 10.8. The molecule has 0 spiro atoms. The van der Waals surface area contributed by atoms with Crippen LogP contribution in [0.25, 0.3) is 0 Å². The van der Waals surface area contributed by atoms with E-state index < -0.39 is 0 Å². The zero-order valence-electron chi connectivity index (χ0n) is 11.4. The van der Waals surface area contributed by atoms with Gasteiger partial charge in [0.05, 0.1) is 12.2 Å². The molecule has 18 heavy (non-hydrogen) atoms. The van der Waals surface area contributed by atoms with Crippen molar-refractivity contribution >= 4 is 5.97 Å². The number of hydrogen-bond acceptors (Lipinski definition) is 3. The van der Waals surface area contributed by atoms with E-state index >= 15 is 0 Å². The van der Waals surface area contributed by atoms with Crippen molar-refractivity contribution in [2.75, 3.05) is 6.61 Å². The van der Waals surface area contributed by atoms with E-state index in [0.717, 1.165) is 18.4 Å². The van der Waals surface area contributed by atoms with Crippen LogP contribution in [-0.2, 0) is 14.3 Å². The number of benzene rings is 1. The largest absolute Gasteiger partial charge is 0.461 e. The molecule has 3 heteroatoms. The van der Waals surface area contributed by atoms with Gasteiger partial charge in [-0.15, -0.1) is 0 Å². The van der Waals surface area contributed by atoms with Gasteiger partial charge in [0.25, 0.3) is 0 Å². The van der Waals surface area contributed by atoms with Crippen molar-refractivity contribution < 1.29 is 14.3 Å². The maximum Gasteiger partial charge on any atom is 0.332 e. The van der Waals surface area contributed by atoms with Gasteiger partial charge in [-0.25, -0.2) is 4.79 Å². The molecule has 0 saturated heterocycles. The van der Waals surface area contributed by atoms with Crippen molar-refractivity contribution in [1.82, 2.24) is 0 Å². The van der Waals surface area contributed by atoms with Crippen molar-refractivity contribution in [3.8, 4) is 0 Å². The summed E-state index contributed by atoms with van der Waals surface area (Å²) in [7, 11) is 0. The fraction of sp³-hybridized carbons (Fsp3) is 0.533. The Morgan fingerprint density at radius 2 is 1.83 bits per heavy atom. The van der Waals surface area contributed by atoms with Crippen molar-refractivity contribution in [2.45, 2.75) is 45.8 Å². The molecule has 0 aliphatic heterocycles. The Hall–Kier alpha value is -1.35. The number of hydrogen-bond donors (Lipinski definition) is 0. The van der Waals surface area contributed by atoms with Crippen LogP contribution >= 0.6 is 0 Å². The second kappa shape index (κ2) is 7.88. The number of carbonyl (C=O) groups is 1. The van der Waals surface area contributed by atoms with E-state index in [1.54, 1.807) is 0 Å². The van der Waals surface area contributed by atoms with Gasteiger partial charge in [0.1, 0.15) is 6.61 Å². The fourth-order valence-corrected chi connectivity index (χ4v) is 1.63. The van der Waals surface area contributed by atoms with Crippen LogP contribution in [0.4, 0.5) is 0 Å². The van der Waals surface area contributed by atoms with E-state index in [2.05, 4.69) is 0 Å². The lowest BCUT2D eigenvalue weighted by Gasteiger charge is -2.17. The van der Waals surface area contributed by atoms with Crippen molar-refractivity contribution in [3.63, 3.8) is 0 Å². The van der Waals surface area contributed by atoms with Gasteiger partial charge in [-0.2, -0.15) is 0 Å². The Labute approximate surface area is 109 Å². The monoisotopic (exact) mass is 250 g/mol. The van der Waals surface area contributed by atoms with Gasteiger partial charge in [-0.1, -0.05) is 44.2 Å². The van der Waals surface area contributed by atoms with E-state index in [4.69, 9.17) is 9.47 Å². The molecule has 1 aromatic carbocycles. The summed E-state index contributed by atoms with van der Waals surface area (Å²) >= 11 is 0. The number of carbonyl (C=O) groups excluding carboxylic acids is 1. The molecule has 2 unspecified atom stereocenters. The molecule has 0 N–H and O–H groups in total. The molecular formula is C15H22O3. The van der Waals surface area contributed by atoms with Crippen LogP contribution in [-0.4, -0.2) is 18.7 Å². The smallest absolute Gasteiger partial charge is 0.332 e. The lowest BCUT2D eigenvalue weighted by Crippen LogP contribution is -2.20. The molecule has 3 nitrogen and oxygen atoms in total. The second-order valence-corrected chi connectivity index (χ2v) is 4.33. The van der Waals surface area contributed by atoms with Crippen LogP contribution in [0.3, 0.4) is 0 Å². The van der Waals surface area contributed by atoms with Crippen LogP contribution in [0, 0.1) is 0 Å². The predicted molar refractivity (Wildman–Crippen MR) is 71.3 cm³/mol. The highest BCUT2D eigenvalue weighted by molar-refractivity contribution is 5.70. The second-order valence-electron chi connectivity index (χ2n) is 4.33. The fourth-order valence-electron chi connectivity index (χ4n) is 1.63. The minimum absolute atomic E-state index is 0.0116. The molecule has 0 aliphatic carbocycles. The number of ether oxygens (including phenoxy) is 2. The summed E-state index contributed by atoms with van der Waals surface area (Å²) in [4.78, 5) is 11.5. The van der Waals surface area contributed by atoms with Gasteiger partial charge in [-0.05, 0) is 25.3 Å². The maximum absolute atomic E-state index is 11.5. The molecule has 0 radical (unpaired) electrons. The highest BCUT2D eigenvalue weighted by atomic mass is 16.6. The maximum atomic E-state index is 11.5. The van der Waals surface area contributed by atoms with Crippen molar-refractivity contribution in [3.05, 3.63) is 35.9 Å². The zero-order valence-corrected chi connectivity index (χ0v) is 11.4. The third kappa shape index (κ3) is 4.88. The molecule has 1 aromatic rings. The SMILES string of the molecule is CCC(C)OC(=O)COC(CC)c1ccccc1. The quantitative estimate of drug-likeness (QED) is 0.695. The Balaban J connectivity index is 2.43. The molecule has 0 saturated carbocycles. The van der Waals surface area contributed by atoms with Crippen LogP contribution in [0.5, 0.6) is 0 Å². The zero-order chi connectivity index (χ0) is 13.4. The Bertz CT molecular complexity index is 348. The van der Waals surface area contributed by atoms with Crippen LogP contribution in [0.1, 0.15) is 45.3 Å². The Kier molecular flexibility index (Phi) is 6.44. The van der Waals surface area contributed by atoms with Gasteiger partial charge in [0.15, 0.2) is 0 Å². The van der Waals surface area contributed by atoms with E-state index in [0.29, 0.717) is 0 Å². The van der Waals surface area contributed by atoms with E-state index in [9.17, 15) is 4.79 Å². The molecule has 0 amide bonds. The Morgan fingerprint density at radius 1 is 1.17 bits per heavy atom. The molecule has 0 aromatic heterocycles. The topological polar surface area (TPSA) is 35.5 Å². The summed E-state index contributed by atoms with van der Waals surface area (Å²) in [6.07, 6.45) is 1.57. The molecule has 0 heterocycles. The van der Waals surface area contributed by atoms with Crippen molar-refractivity contribution in [1.29, 1.82) is 0 Å². The minimum Gasteiger partial charge on any atom is -0.461 e. The molecular weight excluding hydrogens is 228 g/mol. The molecule has 1 rings (SSSR count). The first-order chi connectivity index (χ1) is 8.67. The summed E-state index contributed by atoms with van der Waals surface area (Å²) in [5, 5.41) is 0. The first kappa shape index (κ1) is 14.7. The van der Waals surface area contributed by atoms with Gasteiger partial charge in [0, 0.05) is 0 Å². The third-order valence-electron chi connectivity index (χ3n) is 2.85. The molecule has 100 valence electrons.